The van der Waals surface area contributed by atoms with Gasteiger partial charge in [-0.05, 0) is 105 Å². The molecule has 4 aliphatic rings. The van der Waals surface area contributed by atoms with Crippen LogP contribution in [0.5, 0.6) is 5.75 Å². The second kappa shape index (κ2) is 9.29. The summed E-state index contributed by atoms with van der Waals surface area (Å²) < 4.78 is 5.82. The molecule has 0 spiro atoms. The summed E-state index contributed by atoms with van der Waals surface area (Å²) in [5.74, 6) is 3.57. The van der Waals surface area contributed by atoms with Crippen molar-refractivity contribution in [3.8, 4) is 17.0 Å². The average molecular weight is 469 g/mol. The first kappa shape index (κ1) is 22.6. The summed E-state index contributed by atoms with van der Waals surface area (Å²) in [7, 11) is 0. The normalized spacial score (nSPS) is 26.7. The molecule has 0 unspecified atom stereocenters. The summed E-state index contributed by atoms with van der Waals surface area (Å²) in [4.78, 5) is 18.5. The molecule has 4 saturated carbocycles. The highest BCUT2D eigenvalue weighted by Crippen LogP contribution is 2.59. The Balaban J connectivity index is 1.24. The van der Waals surface area contributed by atoms with Gasteiger partial charge in [0.25, 0.3) is 5.91 Å². The minimum atomic E-state index is 0.0279. The molecule has 0 radical (unpaired) electrons. The molecule has 35 heavy (non-hydrogen) atoms. The molecule has 4 aliphatic carbocycles. The zero-order valence-corrected chi connectivity index (χ0v) is 20.8. The fourth-order valence-corrected chi connectivity index (χ4v) is 7.44. The van der Waals surface area contributed by atoms with Crippen LogP contribution in [-0.4, -0.2) is 24.0 Å². The number of amides is 1. The Kier molecular flexibility index (Phi) is 5.99. The lowest BCUT2D eigenvalue weighted by Gasteiger charge is -2.56. The number of para-hydroxylation sites is 1. The van der Waals surface area contributed by atoms with Crippen molar-refractivity contribution >= 4 is 16.8 Å². The molecular formula is C31H36N2O2. The second-order valence-corrected chi connectivity index (χ2v) is 11.4. The third-order valence-electron chi connectivity index (χ3n) is 8.67. The van der Waals surface area contributed by atoms with E-state index >= 15 is 0 Å². The van der Waals surface area contributed by atoms with E-state index in [1.54, 1.807) is 0 Å². The standard InChI is InChI=1S/C31H36N2O2/c1-2-3-12-35-25-10-8-24(9-11-25)29-16-27(26-6-4-5-7-28(26)33-29)30(34)32-20-31-17-21-13-22(18-31)15-23(14-21)19-31/h4-11,16,21-23H,2-3,12-15,17-20H2,1H3,(H,32,34). The first-order chi connectivity index (χ1) is 17.1. The van der Waals surface area contributed by atoms with Gasteiger partial charge in [0.05, 0.1) is 23.4 Å². The Morgan fingerprint density at radius 2 is 1.69 bits per heavy atom. The quantitative estimate of drug-likeness (QED) is 0.361. The number of carbonyl (C=O) groups excluding carboxylic acids is 1. The third kappa shape index (κ3) is 4.55. The molecule has 3 aromatic rings. The maximum Gasteiger partial charge on any atom is 0.252 e. The van der Waals surface area contributed by atoms with E-state index in [4.69, 9.17) is 9.72 Å². The highest BCUT2D eigenvalue weighted by molar-refractivity contribution is 6.07. The molecule has 4 nitrogen and oxygen atoms in total. The van der Waals surface area contributed by atoms with Crippen molar-refractivity contribution in [2.45, 2.75) is 58.3 Å². The molecule has 0 saturated heterocycles. The van der Waals surface area contributed by atoms with Crippen LogP contribution in [-0.2, 0) is 0 Å². The van der Waals surface area contributed by atoms with Crippen LogP contribution in [0.3, 0.4) is 0 Å². The lowest BCUT2D eigenvalue weighted by Crippen LogP contribution is -2.51. The number of carbonyl (C=O) groups is 1. The van der Waals surface area contributed by atoms with Crippen molar-refractivity contribution in [2.24, 2.45) is 23.2 Å². The maximum atomic E-state index is 13.6. The summed E-state index contributed by atoms with van der Waals surface area (Å²) in [6, 6.07) is 18.0. The van der Waals surface area contributed by atoms with Crippen LogP contribution >= 0.6 is 0 Å². The average Bonchev–Trinajstić information content (AvgIpc) is 2.86. The van der Waals surface area contributed by atoms with Gasteiger partial charge in [-0.15, -0.1) is 0 Å². The van der Waals surface area contributed by atoms with Crippen LogP contribution in [0.4, 0.5) is 0 Å². The number of hydrogen-bond donors (Lipinski definition) is 1. The summed E-state index contributed by atoms with van der Waals surface area (Å²) in [6.07, 6.45) is 10.3. The van der Waals surface area contributed by atoms with Gasteiger partial charge in [-0.25, -0.2) is 4.98 Å². The van der Waals surface area contributed by atoms with Crippen LogP contribution in [0.25, 0.3) is 22.2 Å². The van der Waals surface area contributed by atoms with E-state index in [1.807, 2.05) is 54.6 Å². The fourth-order valence-electron chi connectivity index (χ4n) is 7.44. The van der Waals surface area contributed by atoms with Crippen molar-refractivity contribution in [3.05, 3.63) is 60.2 Å². The summed E-state index contributed by atoms with van der Waals surface area (Å²) >= 11 is 0. The zero-order chi connectivity index (χ0) is 23.8. The van der Waals surface area contributed by atoms with Gasteiger partial charge in [0, 0.05) is 17.5 Å². The molecule has 0 aliphatic heterocycles. The Morgan fingerprint density at radius 3 is 2.37 bits per heavy atom. The van der Waals surface area contributed by atoms with Crippen molar-refractivity contribution in [1.29, 1.82) is 0 Å². The van der Waals surface area contributed by atoms with Crippen LogP contribution in [0.2, 0.25) is 0 Å². The van der Waals surface area contributed by atoms with E-state index in [2.05, 4.69) is 12.2 Å². The number of pyridine rings is 1. The summed E-state index contributed by atoms with van der Waals surface area (Å²) in [6.45, 7) is 3.71. The Morgan fingerprint density at radius 1 is 1.00 bits per heavy atom. The Labute approximate surface area is 208 Å². The van der Waals surface area contributed by atoms with E-state index in [-0.39, 0.29) is 5.91 Å². The molecular weight excluding hydrogens is 432 g/mol. The van der Waals surface area contributed by atoms with Gasteiger partial charge in [-0.2, -0.15) is 0 Å². The molecule has 4 fully saturated rings. The van der Waals surface area contributed by atoms with E-state index in [1.165, 1.54) is 38.5 Å². The number of rotatable bonds is 8. The number of nitrogens with zero attached hydrogens (tertiary/aromatic N) is 1. The van der Waals surface area contributed by atoms with Gasteiger partial charge in [0.1, 0.15) is 5.75 Å². The highest BCUT2D eigenvalue weighted by atomic mass is 16.5. The monoisotopic (exact) mass is 468 g/mol. The van der Waals surface area contributed by atoms with E-state index < -0.39 is 0 Å². The lowest BCUT2D eigenvalue weighted by atomic mass is 9.49. The number of hydrogen-bond acceptors (Lipinski definition) is 3. The number of nitrogens with one attached hydrogen (secondary N) is 1. The summed E-state index contributed by atoms with van der Waals surface area (Å²) in [5, 5.41) is 4.29. The molecule has 2 aromatic carbocycles. The molecule has 1 aromatic heterocycles. The van der Waals surface area contributed by atoms with Crippen LogP contribution in [0.15, 0.2) is 54.6 Å². The van der Waals surface area contributed by atoms with Gasteiger partial charge in [0.15, 0.2) is 0 Å². The number of unbranched alkanes of at least 4 members (excludes halogenated alkanes) is 1. The largest absolute Gasteiger partial charge is 0.494 e. The fraction of sp³-hybridized carbons (Fsp3) is 0.484. The summed E-state index contributed by atoms with van der Waals surface area (Å²) in [5.41, 5.74) is 3.72. The van der Waals surface area contributed by atoms with Gasteiger partial charge in [-0.1, -0.05) is 31.5 Å². The number of fused-ring (bicyclic) bond motifs is 1. The third-order valence-corrected chi connectivity index (χ3v) is 8.67. The molecule has 4 bridgehead atoms. The molecule has 4 heteroatoms. The minimum Gasteiger partial charge on any atom is -0.494 e. The van der Waals surface area contributed by atoms with Crippen molar-refractivity contribution in [1.82, 2.24) is 10.3 Å². The minimum absolute atomic E-state index is 0.0279. The van der Waals surface area contributed by atoms with Crippen molar-refractivity contribution < 1.29 is 9.53 Å². The molecule has 7 rings (SSSR count). The predicted molar refractivity (Wildman–Crippen MR) is 141 cm³/mol. The Hall–Kier alpha value is -2.88. The second-order valence-electron chi connectivity index (χ2n) is 11.4. The SMILES string of the molecule is CCCCOc1ccc(-c2cc(C(=O)NCC34CC5CC(CC(C5)C3)C4)c3ccccc3n2)cc1. The smallest absolute Gasteiger partial charge is 0.252 e. The van der Waals surface area contributed by atoms with Crippen LogP contribution in [0.1, 0.15) is 68.6 Å². The first-order valence-corrected chi connectivity index (χ1v) is 13.5. The predicted octanol–water partition coefficient (Wildman–Crippen LogP) is 7.03. The van der Waals surface area contributed by atoms with Gasteiger partial charge in [0.2, 0.25) is 0 Å². The molecule has 182 valence electrons. The molecule has 1 heterocycles. The van der Waals surface area contributed by atoms with Crippen molar-refractivity contribution in [3.63, 3.8) is 0 Å². The van der Waals surface area contributed by atoms with Gasteiger partial charge in [-0.3, -0.25) is 4.79 Å². The Bertz CT molecular complexity index is 1180. The zero-order valence-electron chi connectivity index (χ0n) is 20.8. The van der Waals surface area contributed by atoms with Crippen LogP contribution < -0.4 is 10.1 Å². The lowest BCUT2D eigenvalue weighted by molar-refractivity contribution is -0.0503. The maximum absolute atomic E-state index is 13.6. The van der Waals surface area contributed by atoms with Crippen LogP contribution in [0, 0.1) is 23.2 Å². The number of benzene rings is 2. The van der Waals surface area contributed by atoms with Crippen molar-refractivity contribution in [2.75, 3.05) is 13.2 Å². The molecule has 1 N–H and O–H groups in total. The topological polar surface area (TPSA) is 51.2 Å². The van der Waals surface area contributed by atoms with Gasteiger partial charge >= 0.3 is 0 Å². The first-order valence-electron chi connectivity index (χ1n) is 13.5. The molecule has 1 amide bonds. The number of aromatic nitrogens is 1. The highest BCUT2D eigenvalue weighted by Gasteiger charge is 2.50. The van der Waals surface area contributed by atoms with E-state index in [0.29, 0.717) is 5.41 Å². The van der Waals surface area contributed by atoms with E-state index in [9.17, 15) is 4.79 Å². The number of ether oxygens (including phenoxy) is 1. The van der Waals surface area contributed by atoms with Gasteiger partial charge < -0.3 is 10.1 Å². The van der Waals surface area contributed by atoms with E-state index in [0.717, 1.165) is 77.2 Å². The molecule has 0 atom stereocenters.